The highest BCUT2D eigenvalue weighted by atomic mass is 16.1. The Hall–Kier alpha value is -1.52. The van der Waals surface area contributed by atoms with E-state index in [1.807, 2.05) is 20.8 Å². The number of aromatic nitrogens is 2. The third kappa shape index (κ3) is 2.97. The third-order valence-electron chi connectivity index (χ3n) is 1.91. The van der Waals surface area contributed by atoms with Crippen LogP contribution in [0.3, 0.4) is 0 Å². The zero-order chi connectivity index (χ0) is 11.4. The van der Waals surface area contributed by atoms with Crippen molar-refractivity contribution < 1.29 is 4.79 Å². The summed E-state index contributed by atoms with van der Waals surface area (Å²) in [6.07, 6.45) is 2.66. The summed E-state index contributed by atoms with van der Waals surface area (Å²) in [4.78, 5) is 11.6. The van der Waals surface area contributed by atoms with Gasteiger partial charge < -0.3 is 11.1 Å². The van der Waals surface area contributed by atoms with Gasteiger partial charge in [-0.05, 0) is 20.3 Å². The zero-order valence-corrected chi connectivity index (χ0v) is 9.45. The topological polar surface area (TPSA) is 72.9 Å². The van der Waals surface area contributed by atoms with Crippen molar-refractivity contribution in [1.29, 1.82) is 0 Å². The first-order valence-corrected chi connectivity index (χ1v) is 5.18. The van der Waals surface area contributed by atoms with E-state index in [1.54, 1.807) is 10.9 Å². The molecule has 0 aliphatic rings. The number of nitrogens with one attached hydrogen (secondary N) is 1. The van der Waals surface area contributed by atoms with Crippen LogP contribution in [0.1, 0.15) is 37.6 Å². The van der Waals surface area contributed by atoms with Crippen LogP contribution in [0, 0.1) is 0 Å². The molecule has 3 N–H and O–H groups in total. The van der Waals surface area contributed by atoms with Gasteiger partial charge in [-0.15, -0.1) is 0 Å². The highest BCUT2D eigenvalue weighted by Gasteiger charge is 2.14. The standard InChI is InChI=1S/C10H18N4O/c1-4-5-14-6-8(9(11)13-14)10(15)12-7(2)3/h6-7H,4-5H2,1-3H3,(H2,11,13)(H,12,15). The highest BCUT2D eigenvalue weighted by Crippen LogP contribution is 2.09. The number of carbonyl (C=O) groups excluding carboxylic acids is 1. The Kier molecular flexibility index (Phi) is 3.71. The van der Waals surface area contributed by atoms with Crippen molar-refractivity contribution >= 4 is 11.7 Å². The predicted molar refractivity (Wildman–Crippen MR) is 59.5 cm³/mol. The second kappa shape index (κ2) is 4.82. The Balaban J connectivity index is 2.80. The summed E-state index contributed by atoms with van der Waals surface area (Å²) in [7, 11) is 0. The highest BCUT2D eigenvalue weighted by molar-refractivity contribution is 5.98. The van der Waals surface area contributed by atoms with Gasteiger partial charge in [0.05, 0.1) is 0 Å². The van der Waals surface area contributed by atoms with E-state index in [2.05, 4.69) is 10.4 Å². The number of hydrogen-bond donors (Lipinski definition) is 2. The van der Waals surface area contributed by atoms with Crippen LogP contribution in [0.4, 0.5) is 5.82 Å². The number of anilines is 1. The Labute approximate surface area is 89.6 Å². The molecule has 1 rings (SSSR count). The minimum absolute atomic E-state index is 0.103. The van der Waals surface area contributed by atoms with Crippen LogP contribution in [0.2, 0.25) is 0 Å². The minimum atomic E-state index is -0.162. The van der Waals surface area contributed by atoms with Crippen molar-refractivity contribution in [3.05, 3.63) is 11.8 Å². The van der Waals surface area contributed by atoms with Gasteiger partial charge in [0.15, 0.2) is 5.82 Å². The van der Waals surface area contributed by atoms with Gasteiger partial charge in [0.25, 0.3) is 5.91 Å². The average molecular weight is 210 g/mol. The van der Waals surface area contributed by atoms with Crippen molar-refractivity contribution in [3.63, 3.8) is 0 Å². The van der Waals surface area contributed by atoms with Crippen LogP contribution < -0.4 is 11.1 Å². The second-order valence-electron chi connectivity index (χ2n) is 3.82. The summed E-state index contributed by atoms with van der Waals surface area (Å²) in [6, 6.07) is 0.103. The Morgan fingerprint density at radius 2 is 2.33 bits per heavy atom. The number of aryl methyl sites for hydroxylation is 1. The van der Waals surface area contributed by atoms with Crippen molar-refractivity contribution in [3.8, 4) is 0 Å². The first-order valence-electron chi connectivity index (χ1n) is 5.18. The van der Waals surface area contributed by atoms with Crippen molar-refractivity contribution in [1.82, 2.24) is 15.1 Å². The molecule has 0 aliphatic heterocycles. The quantitative estimate of drug-likeness (QED) is 0.779. The second-order valence-corrected chi connectivity index (χ2v) is 3.82. The normalized spacial score (nSPS) is 10.7. The molecule has 84 valence electrons. The number of nitrogens with zero attached hydrogens (tertiary/aromatic N) is 2. The van der Waals surface area contributed by atoms with Gasteiger partial charge in [-0.1, -0.05) is 6.92 Å². The molecule has 0 fully saturated rings. The summed E-state index contributed by atoms with van der Waals surface area (Å²) in [5.41, 5.74) is 6.11. The molecule has 1 aromatic rings. The van der Waals surface area contributed by atoms with Crippen LogP contribution in [-0.4, -0.2) is 21.7 Å². The van der Waals surface area contributed by atoms with Gasteiger partial charge in [-0.25, -0.2) is 0 Å². The maximum absolute atomic E-state index is 11.6. The first kappa shape index (κ1) is 11.6. The Morgan fingerprint density at radius 3 is 2.87 bits per heavy atom. The molecule has 0 saturated carbocycles. The van der Waals surface area contributed by atoms with Crippen LogP contribution in [0.5, 0.6) is 0 Å². The SMILES string of the molecule is CCCn1cc(C(=O)NC(C)C)c(N)n1. The molecule has 15 heavy (non-hydrogen) atoms. The van der Waals surface area contributed by atoms with Crippen molar-refractivity contribution in [2.24, 2.45) is 0 Å². The van der Waals surface area contributed by atoms with E-state index in [0.29, 0.717) is 11.4 Å². The molecule has 0 spiro atoms. The number of carbonyl (C=O) groups is 1. The molecule has 1 heterocycles. The first-order chi connectivity index (χ1) is 7.04. The zero-order valence-electron chi connectivity index (χ0n) is 9.45. The number of rotatable bonds is 4. The maximum atomic E-state index is 11.6. The molecule has 5 heteroatoms. The maximum Gasteiger partial charge on any atom is 0.256 e. The fraction of sp³-hybridized carbons (Fsp3) is 0.600. The van der Waals surface area contributed by atoms with Gasteiger partial charge >= 0.3 is 0 Å². The molecule has 0 atom stereocenters. The monoisotopic (exact) mass is 210 g/mol. The van der Waals surface area contributed by atoms with E-state index in [9.17, 15) is 4.79 Å². The Bertz CT molecular complexity index is 343. The van der Waals surface area contributed by atoms with Gasteiger partial charge in [0.2, 0.25) is 0 Å². The van der Waals surface area contributed by atoms with Gasteiger partial charge in [0, 0.05) is 18.8 Å². The van der Waals surface area contributed by atoms with Crippen LogP contribution in [-0.2, 0) is 6.54 Å². The molecule has 0 aromatic carbocycles. The number of nitrogens with two attached hydrogens (primary N) is 1. The van der Waals surface area contributed by atoms with Gasteiger partial charge in [0.1, 0.15) is 5.56 Å². The van der Waals surface area contributed by atoms with Crippen molar-refractivity contribution in [2.75, 3.05) is 5.73 Å². The summed E-state index contributed by atoms with van der Waals surface area (Å²) in [5.74, 6) is 0.131. The summed E-state index contributed by atoms with van der Waals surface area (Å²) < 4.78 is 1.70. The molecular weight excluding hydrogens is 192 g/mol. The van der Waals surface area contributed by atoms with Crippen LogP contribution >= 0.6 is 0 Å². The molecule has 0 unspecified atom stereocenters. The largest absolute Gasteiger partial charge is 0.382 e. The minimum Gasteiger partial charge on any atom is -0.382 e. The summed E-state index contributed by atoms with van der Waals surface area (Å²) in [6.45, 7) is 6.64. The molecule has 1 amide bonds. The lowest BCUT2D eigenvalue weighted by Crippen LogP contribution is -2.30. The molecule has 0 radical (unpaired) electrons. The average Bonchev–Trinajstić information content (AvgIpc) is 2.46. The van der Waals surface area contributed by atoms with E-state index in [1.165, 1.54) is 0 Å². The van der Waals surface area contributed by atoms with Gasteiger partial charge in [-0.2, -0.15) is 5.10 Å². The molecule has 1 aromatic heterocycles. The third-order valence-corrected chi connectivity index (χ3v) is 1.91. The fourth-order valence-electron chi connectivity index (χ4n) is 1.29. The fourth-order valence-corrected chi connectivity index (χ4v) is 1.29. The Morgan fingerprint density at radius 1 is 1.67 bits per heavy atom. The van der Waals surface area contributed by atoms with Crippen molar-refractivity contribution in [2.45, 2.75) is 39.8 Å². The summed E-state index contributed by atoms with van der Waals surface area (Å²) in [5, 5.41) is 6.85. The molecule has 5 nitrogen and oxygen atoms in total. The lowest BCUT2D eigenvalue weighted by Gasteiger charge is -2.06. The lowest BCUT2D eigenvalue weighted by atomic mass is 10.3. The number of hydrogen-bond acceptors (Lipinski definition) is 3. The van der Waals surface area contributed by atoms with E-state index in [0.717, 1.165) is 13.0 Å². The molecule has 0 bridgehead atoms. The molecular formula is C10H18N4O. The van der Waals surface area contributed by atoms with E-state index in [-0.39, 0.29) is 11.9 Å². The number of nitrogen functional groups attached to an aromatic ring is 1. The van der Waals surface area contributed by atoms with E-state index < -0.39 is 0 Å². The molecule has 0 aliphatic carbocycles. The lowest BCUT2D eigenvalue weighted by molar-refractivity contribution is 0.0944. The van der Waals surface area contributed by atoms with Gasteiger partial charge in [-0.3, -0.25) is 9.48 Å². The van der Waals surface area contributed by atoms with Crippen LogP contribution in [0.25, 0.3) is 0 Å². The number of amides is 1. The predicted octanol–water partition coefficient (Wildman–Crippen LogP) is 1.01. The van der Waals surface area contributed by atoms with E-state index >= 15 is 0 Å². The summed E-state index contributed by atoms with van der Waals surface area (Å²) >= 11 is 0. The van der Waals surface area contributed by atoms with E-state index in [4.69, 9.17) is 5.73 Å². The smallest absolute Gasteiger partial charge is 0.256 e. The molecule has 0 saturated heterocycles. The van der Waals surface area contributed by atoms with Crippen LogP contribution in [0.15, 0.2) is 6.20 Å².